The summed E-state index contributed by atoms with van der Waals surface area (Å²) in [7, 11) is 0. The minimum atomic E-state index is -0.0248. The van der Waals surface area contributed by atoms with Gasteiger partial charge in [0.15, 0.2) is 5.82 Å². The van der Waals surface area contributed by atoms with Crippen molar-refractivity contribution in [3.63, 3.8) is 0 Å². The highest BCUT2D eigenvalue weighted by molar-refractivity contribution is 5.81. The summed E-state index contributed by atoms with van der Waals surface area (Å²) < 4.78 is 2.08. The van der Waals surface area contributed by atoms with Crippen LogP contribution in [-0.4, -0.2) is 36.6 Å². The minimum absolute atomic E-state index is 0.0248. The van der Waals surface area contributed by atoms with Crippen molar-refractivity contribution in [2.75, 3.05) is 6.54 Å². The highest BCUT2D eigenvalue weighted by Gasteiger charge is 2.29. The predicted molar refractivity (Wildman–Crippen MR) is 143 cm³/mol. The lowest BCUT2D eigenvalue weighted by molar-refractivity contribution is 0.165. The van der Waals surface area contributed by atoms with E-state index < -0.39 is 0 Å². The molecule has 4 aromatic rings. The number of H-pyrrole nitrogens is 1. The standard InChI is InChI=1S/C29H36N6O/c1-3-26(28-31-32-33-35(28)25-15-8-5-9-16-25)34(18-17-22-12-6-4-7-13-22)20-24-19-23-14-10-11-21(2)27(23)30-29(24)36/h4,6-7,10-14,19,25-26H,3,5,8-9,15-18,20H2,1-2H3,(H,30,36)/t26-/m1/s1. The number of hydrogen-bond acceptors (Lipinski definition) is 5. The Labute approximate surface area is 212 Å². The van der Waals surface area contributed by atoms with Gasteiger partial charge in [0.05, 0.1) is 17.6 Å². The van der Waals surface area contributed by atoms with Crippen LogP contribution in [0.5, 0.6) is 0 Å². The summed E-state index contributed by atoms with van der Waals surface area (Å²) in [6.45, 7) is 5.57. The molecule has 0 aliphatic heterocycles. The summed E-state index contributed by atoms with van der Waals surface area (Å²) in [5.41, 5.74) is 4.03. The third kappa shape index (κ3) is 5.26. The second kappa shape index (κ2) is 11.2. The Morgan fingerprint density at radius 3 is 2.67 bits per heavy atom. The number of nitrogens with zero attached hydrogens (tertiary/aromatic N) is 5. The Kier molecular flexibility index (Phi) is 7.56. The van der Waals surface area contributed by atoms with Crippen LogP contribution in [0.2, 0.25) is 0 Å². The van der Waals surface area contributed by atoms with E-state index in [-0.39, 0.29) is 11.6 Å². The topological polar surface area (TPSA) is 79.7 Å². The van der Waals surface area contributed by atoms with E-state index in [1.807, 2.05) is 31.2 Å². The first kappa shape index (κ1) is 24.4. The number of fused-ring (bicyclic) bond motifs is 1. The Morgan fingerprint density at radius 1 is 1.08 bits per heavy atom. The summed E-state index contributed by atoms with van der Waals surface area (Å²) in [5.74, 6) is 0.922. The summed E-state index contributed by atoms with van der Waals surface area (Å²) in [4.78, 5) is 18.7. The highest BCUT2D eigenvalue weighted by atomic mass is 16.1. The fraction of sp³-hybridized carbons (Fsp3) is 0.448. The van der Waals surface area contributed by atoms with Crippen LogP contribution in [0.25, 0.3) is 10.9 Å². The van der Waals surface area contributed by atoms with Crippen LogP contribution >= 0.6 is 0 Å². The van der Waals surface area contributed by atoms with E-state index in [0.29, 0.717) is 12.6 Å². The molecule has 7 nitrogen and oxygen atoms in total. The summed E-state index contributed by atoms with van der Waals surface area (Å²) in [5, 5.41) is 14.2. The summed E-state index contributed by atoms with van der Waals surface area (Å²) in [6.07, 6.45) is 7.76. The third-order valence-corrected chi connectivity index (χ3v) is 7.63. The number of para-hydroxylation sites is 1. The van der Waals surface area contributed by atoms with Gasteiger partial charge in [0.25, 0.3) is 5.56 Å². The average Bonchev–Trinajstić information content (AvgIpc) is 3.39. The molecule has 0 saturated heterocycles. The maximum absolute atomic E-state index is 13.2. The molecule has 5 rings (SSSR count). The molecule has 7 heteroatoms. The van der Waals surface area contributed by atoms with E-state index in [2.05, 4.69) is 67.3 Å². The number of nitrogens with one attached hydrogen (secondary N) is 1. The number of pyridine rings is 1. The smallest absolute Gasteiger partial charge is 0.252 e. The number of rotatable bonds is 9. The fourth-order valence-corrected chi connectivity index (χ4v) is 5.64. The second-order valence-corrected chi connectivity index (χ2v) is 10.1. The minimum Gasteiger partial charge on any atom is -0.321 e. The molecule has 36 heavy (non-hydrogen) atoms. The molecule has 0 spiro atoms. The Bertz CT molecular complexity index is 1340. The first-order valence-corrected chi connectivity index (χ1v) is 13.3. The van der Waals surface area contributed by atoms with Crippen molar-refractivity contribution >= 4 is 10.9 Å². The molecule has 2 heterocycles. The largest absolute Gasteiger partial charge is 0.321 e. The molecule has 1 aliphatic carbocycles. The summed E-state index contributed by atoms with van der Waals surface area (Å²) in [6, 6.07) is 19.1. The zero-order valence-electron chi connectivity index (χ0n) is 21.4. The maximum Gasteiger partial charge on any atom is 0.252 e. The van der Waals surface area contributed by atoms with E-state index in [1.165, 1.54) is 24.8 Å². The molecular weight excluding hydrogens is 448 g/mol. The van der Waals surface area contributed by atoms with Gasteiger partial charge in [0.2, 0.25) is 0 Å². The lowest BCUT2D eigenvalue weighted by atomic mass is 9.95. The van der Waals surface area contributed by atoms with Crippen LogP contribution in [-0.2, 0) is 13.0 Å². The van der Waals surface area contributed by atoms with Crippen LogP contribution in [0.15, 0.2) is 59.4 Å². The number of tetrazole rings is 1. The maximum atomic E-state index is 13.2. The van der Waals surface area contributed by atoms with E-state index >= 15 is 0 Å². The zero-order valence-corrected chi connectivity index (χ0v) is 21.4. The van der Waals surface area contributed by atoms with Gasteiger partial charge in [-0.05, 0) is 65.6 Å². The number of hydrogen-bond donors (Lipinski definition) is 1. The fourth-order valence-electron chi connectivity index (χ4n) is 5.64. The Morgan fingerprint density at radius 2 is 1.89 bits per heavy atom. The van der Waals surface area contributed by atoms with E-state index in [4.69, 9.17) is 0 Å². The van der Waals surface area contributed by atoms with Crippen LogP contribution in [0, 0.1) is 6.92 Å². The van der Waals surface area contributed by atoms with Crippen LogP contribution < -0.4 is 5.56 Å². The Hall–Kier alpha value is -3.32. The van der Waals surface area contributed by atoms with Gasteiger partial charge >= 0.3 is 0 Å². The molecule has 0 radical (unpaired) electrons. The quantitative estimate of drug-likeness (QED) is 0.338. The molecule has 0 amide bonds. The molecule has 0 bridgehead atoms. The van der Waals surface area contributed by atoms with Gasteiger partial charge < -0.3 is 4.98 Å². The highest BCUT2D eigenvalue weighted by Crippen LogP contribution is 2.32. The van der Waals surface area contributed by atoms with Gasteiger partial charge in [-0.2, -0.15) is 0 Å². The lowest BCUT2D eigenvalue weighted by Crippen LogP contribution is -2.35. The number of aryl methyl sites for hydroxylation is 1. The number of benzene rings is 2. The SMILES string of the molecule is CC[C@H](c1nnnn1C1CCCCC1)N(CCc1ccccc1)Cc1cc2cccc(C)c2[nH]c1=O. The molecule has 2 aromatic carbocycles. The van der Waals surface area contributed by atoms with Crippen molar-refractivity contribution in [3.8, 4) is 0 Å². The molecule has 1 saturated carbocycles. The average molecular weight is 485 g/mol. The second-order valence-electron chi connectivity index (χ2n) is 10.1. The first-order chi connectivity index (χ1) is 17.6. The lowest BCUT2D eigenvalue weighted by Gasteiger charge is -2.32. The van der Waals surface area contributed by atoms with Crippen LogP contribution in [0.1, 0.15) is 80.0 Å². The van der Waals surface area contributed by atoms with Crippen molar-refractivity contribution < 1.29 is 0 Å². The van der Waals surface area contributed by atoms with Crippen molar-refractivity contribution in [1.82, 2.24) is 30.1 Å². The van der Waals surface area contributed by atoms with Gasteiger partial charge in [0, 0.05) is 18.7 Å². The molecule has 0 unspecified atom stereocenters. The number of aromatic amines is 1. The monoisotopic (exact) mass is 484 g/mol. The van der Waals surface area contributed by atoms with Gasteiger partial charge in [-0.25, -0.2) is 4.68 Å². The van der Waals surface area contributed by atoms with Crippen molar-refractivity contribution in [1.29, 1.82) is 0 Å². The van der Waals surface area contributed by atoms with E-state index in [9.17, 15) is 4.79 Å². The summed E-state index contributed by atoms with van der Waals surface area (Å²) >= 11 is 0. The van der Waals surface area contributed by atoms with Gasteiger partial charge in [0.1, 0.15) is 0 Å². The first-order valence-electron chi connectivity index (χ1n) is 13.3. The zero-order chi connectivity index (χ0) is 24.9. The molecule has 1 atom stereocenters. The van der Waals surface area contributed by atoms with Crippen molar-refractivity contribution in [2.24, 2.45) is 0 Å². The van der Waals surface area contributed by atoms with Crippen molar-refractivity contribution in [3.05, 3.63) is 87.5 Å². The van der Waals surface area contributed by atoms with Crippen LogP contribution in [0.3, 0.4) is 0 Å². The van der Waals surface area contributed by atoms with Gasteiger partial charge in [-0.1, -0.05) is 74.7 Å². The normalized spacial score (nSPS) is 15.5. The predicted octanol–water partition coefficient (Wildman–Crippen LogP) is 5.52. The molecule has 1 N–H and O–H groups in total. The van der Waals surface area contributed by atoms with Crippen molar-refractivity contribution in [2.45, 2.75) is 77.4 Å². The number of aromatic nitrogens is 5. The molecular formula is C29H36N6O. The van der Waals surface area contributed by atoms with E-state index in [1.54, 1.807) is 0 Å². The van der Waals surface area contributed by atoms with Gasteiger partial charge in [-0.3, -0.25) is 9.69 Å². The molecule has 1 fully saturated rings. The molecule has 2 aromatic heterocycles. The third-order valence-electron chi connectivity index (χ3n) is 7.63. The van der Waals surface area contributed by atoms with E-state index in [0.717, 1.165) is 60.1 Å². The molecule has 188 valence electrons. The van der Waals surface area contributed by atoms with Crippen LogP contribution in [0.4, 0.5) is 0 Å². The Balaban J connectivity index is 1.49. The van der Waals surface area contributed by atoms with Gasteiger partial charge in [-0.15, -0.1) is 5.10 Å². The molecule has 1 aliphatic rings.